The summed E-state index contributed by atoms with van der Waals surface area (Å²) in [5, 5.41) is 34.4. The molecule has 0 spiro atoms. The van der Waals surface area contributed by atoms with Crippen molar-refractivity contribution in [3.63, 3.8) is 0 Å². The van der Waals surface area contributed by atoms with Crippen LogP contribution in [-0.2, 0) is 4.74 Å². The molecule has 0 amide bonds. The Morgan fingerprint density at radius 3 is 2.56 bits per heavy atom. The molecule has 3 aromatic rings. The molecule has 27 heavy (non-hydrogen) atoms. The van der Waals surface area contributed by atoms with Gasteiger partial charge in [0.2, 0.25) is 0 Å². The number of aliphatic hydroxyl groups excluding tert-OH is 3. The zero-order valence-electron chi connectivity index (χ0n) is 14.2. The number of hydrogen-bond acceptors (Lipinski definition) is 7. The lowest BCUT2D eigenvalue weighted by atomic mass is 10.1. The van der Waals surface area contributed by atoms with E-state index >= 15 is 0 Å². The first-order valence-electron chi connectivity index (χ1n) is 8.27. The van der Waals surface area contributed by atoms with Gasteiger partial charge in [-0.1, -0.05) is 11.6 Å². The Hall–Kier alpha value is -2.30. The third-order valence-electron chi connectivity index (χ3n) is 4.64. The lowest BCUT2D eigenvalue weighted by molar-refractivity contribution is -0.0566. The van der Waals surface area contributed by atoms with Gasteiger partial charge < -0.3 is 20.1 Å². The van der Waals surface area contributed by atoms with Crippen LogP contribution in [0.15, 0.2) is 35.4 Å². The van der Waals surface area contributed by atoms with Crippen LogP contribution in [0.2, 0.25) is 5.02 Å². The minimum absolute atomic E-state index is 0.125. The van der Waals surface area contributed by atoms with E-state index in [2.05, 4.69) is 10.1 Å². The van der Waals surface area contributed by atoms with Crippen LogP contribution in [0.1, 0.15) is 11.9 Å². The molecule has 10 heteroatoms. The average molecular weight is 393 g/mol. The monoisotopic (exact) mass is 392 g/mol. The third-order valence-corrected chi connectivity index (χ3v) is 4.89. The largest absolute Gasteiger partial charge is 0.394 e. The predicted molar refractivity (Wildman–Crippen MR) is 95.9 cm³/mol. The molecule has 1 aliphatic heterocycles. The molecule has 2 aromatic heterocycles. The maximum Gasteiger partial charge on any atom is 0.284 e. The van der Waals surface area contributed by atoms with Crippen molar-refractivity contribution >= 4 is 22.6 Å². The van der Waals surface area contributed by atoms with E-state index in [1.54, 1.807) is 31.2 Å². The van der Waals surface area contributed by atoms with Crippen LogP contribution in [-0.4, -0.2) is 59.6 Å². The van der Waals surface area contributed by atoms with Crippen molar-refractivity contribution < 1.29 is 20.1 Å². The third kappa shape index (κ3) is 2.84. The highest BCUT2D eigenvalue weighted by atomic mass is 35.5. The number of aryl methyl sites for hydroxylation is 1. The van der Waals surface area contributed by atoms with Gasteiger partial charge in [0.05, 0.1) is 18.0 Å². The first-order chi connectivity index (χ1) is 12.9. The summed E-state index contributed by atoms with van der Waals surface area (Å²) in [6.45, 7) is 1.21. The van der Waals surface area contributed by atoms with Crippen LogP contribution >= 0.6 is 11.6 Å². The number of benzene rings is 1. The van der Waals surface area contributed by atoms with E-state index in [4.69, 9.17) is 16.3 Å². The summed E-state index contributed by atoms with van der Waals surface area (Å²) in [4.78, 5) is 17.4. The molecular weight excluding hydrogens is 376 g/mol. The van der Waals surface area contributed by atoms with E-state index in [9.17, 15) is 20.1 Å². The number of aliphatic hydroxyl groups is 3. The SMILES string of the molecule is Cc1nn(C2O[C@H](CO)[C@@H](O)[C@H]2O)c2c(=O)n(-c3ccc(Cl)cc3)cnc12. The first-order valence-corrected chi connectivity index (χ1v) is 8.65. The molecule has 1 aromatic carbocycles. The Balaban J connectivity index is 1.89. The summed E-state index contributed by atoms with van der Waals surface area (Å²) in [6, 6.07) is 6.67. The summed E-state index contributed by atoms with van der Waals surface area (Å²) in [5.74, 6) is 0. The van der Waals surface area contributed by atoms with Crippen LogP contribution in [0.4, 0.5) is 0 Å². The molecule has 9 nitrogen and oxygen atoms in total. The average Bonchev–Trinajstić information content (AvgIpc) is 3.14. The Morgan fingerprint density at radius 1 is 1.22 bits per heavy atom. The molecule has 1 fully saturated rings. The van der Waals surface area contributed by atoms with Crippen LogP contribution < -0.4 is 5.56 Å². The van der Waals surface area contributed by atoms with Gasteiger partial charge in [0.15, 0.2) is 11.7 Å². The first kappa shape index (κ1) is 18.1. The minimum Gasteiger partial charge on any atom is -0.394 e. The second kappa shape index (κ2) is 6.70. The lowest BCUT2D eigenvalue weighted by Crippen LogP contribution is -2.33. The lowest BCUT2D eigenvalue weighted by Gasteiger charge is -2.16. The number of halogens is 1. The van der Waals surface area contributed by atoms with E-state index in [0.717, 1.165) is 0 Å². The van der Waals surface area contributed by atoms with Gasteiger partial charge in [-0.3, -0.25) is 9.36 Å². The summed E-state index contributed by atoms with van der Waals surface area (Å²) in [5.41, 5.74) is 1.11. The summed E-state index contributed by atoms with van der Waals surface area (Å²) in [6.07, 6.45) is -3.35. The zero-order chi connectivity index (χ0) is 19.3. The predicted octanol–water partition coefficient (Wildman–Crippen LogP) is 0.156. The Kier molecular flexibility index (Phi) is 4.49. The van der Waals surface area contributed by atoms with Gasteiger partial charge in [-0.2, -0.15) is 5.10 Å². The van der Waals surface area contributed by atoms with E-state index in [-0.39, 0.29) is 5.52 Å². The second-order valence-electron chi connectivity index (χ2n) is 6.35. The summed E-state index contributed by atoms with van der Waals surface area (Å²) < 4.78 is 8.07. The van der Waals surface area contributed by atoms with Crippen molar-refractivity contribution in [1.29, 1.82) is 0 Å². The molecular formula is C17H17ClN4O5. The molecule has 1 saturated heterocycles. The van der Waals surface area contributed by atoms with Crippen molar-refractivity contribution in [1.82, 2.24) is 19.3 Å². The van der Waals surface area contributed by atoms with Gasteiger partial charge >= 0.3 is 0 Å². The molecule has 4 rings (SSSR count). The smallest absolute Gasteiger partial charge is 0.284 e. The van der Waals surface area contributed by atoms with Crippen molar-refractivity contribution in [2.24, 2.45) is 0 Å². The number of ether oxygens (including phenoxy) is 1. The van der Waals surface area contributed by atoms with Crippen LogP contribution in [0.3, 0.4) is 0 Å². The molecule has 0 bridgehead atoms. The van der Waals surface area contributed by atoms with Gasteiger partial charge in [0, 0.05) is 5.02 Å². The molecule has 4 atom stereocenters. The number of fused-ring (bicyclic) bond motifs is 1. The van der Waals surface area contributed by atoms with E-state index in [1.807, 2.05) is 0 Å². The van der Waals surface area contributed by atoms with Crippen molar-refractivity contribution in [2.75, 3.05) is 6.61 Å². The van der Waals surface area contributed by atoms with Crippen molar-refractivity contribution in [3.8, 4) is 5.69 Å². The molecule has 1 aliphatic rings. The summed E-state index contributed by atoms with van der Waals surface area (Å²) >= 11 is 5.90. The molecule has 0 saturated carbocycles. The topological polar surface area (TPSA) is 123 Å². The maximum atomic E-state index is 13.1. The molecule has 3 N–H and O–H groups in total. The van der Waals surface area contributed by atoms with Gasteiger partial charge in [-0.25, -0.2) is 9.67 Å². The van der Waals surface area contributed by atoms with Gasteiger partial charge in [0.1, 0.15) is 30.2 Å². The number of aromatic nitrogens is 4. The maximum absolute atomic E-state index is 13.1. The van der Waals surface area contributed by atoms with Gasteiger partial charge in [-0.15, -0.1) is 0 Å². The fraction of sp³-hybridized carbons (Fsp3) is 0.353. The molecule has 0 aliphatic carbocycles. The molecule has 142 valence electrons. The highest BCUT2D eigenvalue weighted by Gasteiger charge is 2.44. The van der Waals surface area contributed by atoms with Crippen LogP contribution in [0, 0.1) is 6.92 Å². The fourth-order valence-corrected chi connectivity index (χ4v) is 3.35. The quantitative estimate of drug-likeness (QED) is 0.580. The van der Waals surface area contributed by atoms with E-state index < -0.39 is 36.7 Å². The number of hydrogen-bond donors (Lipinski definition) is 3. The van der Waals surface area contributed by atoms with Crippen LogP contribution in [0.5, 0.6) is 0 Å². The molecule has 0 radical (unpaired) electrons. The van der Waals surface area contributed by atoms with Crippen molar-refractivity contribution in [2.45, 2.75) is 31.5 Å². The zero-order valence-corrected chi connectivity index (χ0v) is 15.0. The summed E-state index contributed by atoms with van der Waals surface area (Å²) in [7, 11) is 0. The van der Waals surface area contributed by atoms with Crippen LogP contribution in [0.25, 0.3) is 16.7 Å². The molecule has 3 heterocycles. The highest BCUT2D eigenvalue weighted by Crippen LogP contribution is 2.31. The second-order valence-corrected chi connectivity index (χ2v) is 6.79. The standard InChI is InChI=1S/C17H17ClN4O5/c1-8-12-13(22(20-8)17-15(25)14(24)11(6-23)27-17)16(26)21(7-19-12)10-4-2-9(18)3-5-10/h2-5,7,11,14-15,17,23-25H,6H2,1H3/t11-,14-,15-,17?/m1/s1. The van der Waals surface area contributed by atoms with E-state index in [1.165, 1.54) is 15.6 Å². The van der Waals surface area contributed by atoms with E-state index in [0.29, 0.717) is 21.9 Å². The van der Waals surface area contributed by atoms with Crippen molar-refractivity contribution in [3.05, 3.63) is 51.7 Å². The van der Waals surface area contributed by atoms with Gasteiger partial charge in [-0.05, 0) is 31.2 Å². The minimum atomic E-state index is -1.35. The number of nitrogens with zero attached hydrogens (tertiary/aromatic N) is 4. The Morgan fingerprint density at radius 2 is 1.93 bits per heavy atom. The normalized spacial score (nSPS) is 25.4. The number of rotatable bonds is 3. The van der Waals surface area contributed by atoms with Gasteiger partial charge in [0.25, 0.3) is 5.56 Å². The fourth-order valence-electron chi connectivity index (χ4n) is 3.23. The highest BCUT2D eigenvalue weighted by molar-refractivity contribution is 6.30. The Bertz CT molecular complexity index is 1050. The molecule has 1 unspecified atom stereocenters. The Labute approximate surface area is 158 Å².